The van der Waals surface area contributed by atoms with Crippen LogP contribution in [0.5, 0.6) is 0 Å². The van der Waals surface area contributed by atoms with E-state index < -0.39 is 0 Å². The molecule has 6 heteroatoms. The van der Waals surface area contributed by atoms with Crippen LogP contribution in [0, 0.1) is 5.92 Å². The van der Waals surface area contributed by atoms with Crippen LogP contribution >= 0.6 is 0 Å². The van der Waals surface area contributed by atoms with Gasteiger partial charge in [-0.15, -0.1) is 0 Å². The molecule has 2 amide bonds. The number of carbonyl (C=O) groups is 2. The maximum atomic E-state index is 12.4. The van der Waals surface area contributed by atoms with Gasteiger partial charge in [0.05, 0.1) is 6.54 Å². The van der Waals surface area contributed by atoms with Gasteiger partial charge < -0.3 is 15.5 Å². The van der Waals surface area contributed by atoms with Crippen molar-refractivity contribution in [2.75, 3.05) is 50.7 Å². The van der Waals surface area contributed by atoms with Gasteiger partial charge in [-0.05, 0) is 25.0 Å². The molecular formula is C18H26N4O2. The summed E-state index contributed by atoms with van der Waals surface area (Å²) in [6, 6.07) is 10.4. The summed E-state index contributed by atoms with van der Waals surface area (Å²) < 4.78 is 0. The van der Waals surface area contributed by atoms with Crippen molar-refractivity contribution in [3.63, 3.8) is 0 Å². The van der Waals surface area contributed by atoms with Crippen molar-refractivity contribution in [2.24, 2.45) is 11.7 Å². The quantitative estimate of drug-likeness (QED) is 0.874. The number of piperidine rings is 1. The van der Waals surface area contributed by atoms with Gasteiger partial charge in [-0.1, -0.05) is 18.2 Å². The van der Waals surface area contributed by atoms with Crippen LogP contribution in [0.15, 0.2) is 30.3 Å². The Morgan fingerprint density at radius 1 is 0.958 bits per heavy atom. The first-order chi connectivity index (χ1) is 11.6. The Kier molecular flexibility index (Phi) is 5.35. The van der Waals surface area contributed by atoms with Gasteiger partial charge in [-0.3, -0.25) is 14.5 Å². The van der Waals surface area contributed by atoms with E-state index in [0.29, 0.717) is 32.5 Å². The van der Waals surface area contributed by atoms with E-state index in [0.717, 1.165) is 26.2 Å². The smallest absolute Gasteiger partial charge is 0.236 e. The highest BCUT2D eigenvalue weighted by molar-refractivity contribution is 5.80. The number of benzene rings is 1. The molecule has 1 aromatic carbocycles. The molecule has 2 saturated heterocycles. The number of nitrogens with zero attached hydrogens (tertiary/aromatic N) is 3. The minimum absolute atomic E-state index is 0.0662. The number of nitrogens with two attached hydrogens (primary N) is 1. The van der Waals surface area contributed by atoms with E-state index in [-0.39, 0.29) is 17.7 Å². The van der Waals surface area contributed by atoms with E-state index in [9.17, 15) is 9.59 Å². The zero-order valence-corrected chi connectivity index (χ0v) is 14.1. The third-order valence-electron chi connectivity index (χ3n) is 5.10. The largest absolute Gasteiger partial charge is 0.369 e. The molecule has 24 heavy (non-hydrogen) atoms. The summed E-state index contributed by atoms with van der Waals surface area (Å²) in [6.45, 7) is 5.47. The lowest BCUT2D eigenvalue weighted by Gasteiger charge is -2.37. The van der Waals surface area contributed by atoms with Gasteiger partial charge in [0.2, 0.25) is 11.8 Å². The Morgan fingerprint density at radius 3 is 2.17 bits per heavy atom. The molecule has 2 N–H and O–H groups in total. The van der Waals surface area contributed by atoms with Gasteiger partial charge in [-0.2, -0.15) is 0 Å². The number of likely N-dealkylation sites (tertiary alicyclic amines) is 1. The minimum atomic E-state index is -0.237. The first kappa shape index (κ1) is 16.8. The summed E-state index contributed by atoms with van der Waals surface area (Å²) in [4.78, 5) is 30.1. The van der Waals surface area contributed by atoms with Gasteiger partial charge >= 0.3 is 0 Å². The molecular weight excluding hydrogens is 304 g/mol. The van der Waals surface area contributed by atoms with Crippen molar-refractivity contribution in [3.8, 4) is 0 Å². The molecule has 3 rings (SSSR count). The molecule has 0 spiro atoms. The number of hydrogen-bond donors (Lipinski definition) is 1. The second-order valence-corrected chi connectivity index (χ2v) is 6.66. The van der Waals surface area contributed by atoms with E-state index in [2.05, 4.69) is 34.1 Å². The van der Waals surface area contributed by atoms with Crippen molar-refractivity contribution < 1.29 is 9.59 Å². The number of para-hydroxylation sites is 1. The number of amides is 2. The summed E-state index contributed by atoms with van der Waals surface area (Å²) in [5.74, 6) is -0.131. The SMILES string of the molecule is NC(=O)C1CCN(C(=O)CN2CCN(c3ccccc3)CC2)CC1. The summed E-state index contributed by atoms with van der Waals surface area (Å²) in [5, 5.41) is 0. The Bertz CT molecular complexity index is 562. The van der Waals surface area contributed by atoms with Crippen LogP contribution in [0.2, 0.25) is 0 Å². The maximum absolute atomic E-state index is 12.4. The van der Waals surface area contributed by atoms with Gasteiger partial charge in [-0.25, -0.2) is 0 Å². The monoisotopic (exact) mass is 330 g/mol. The molecule has 2 aliphatic rings. The van der Waals surface area contributed by atoms with E-state index in [1.54, 1.807) is 0 Å². The number of piperazine rings is 1. The highest BCUT2D eigenvalue weighted by Crippen LogP contribution is 2.18. The number of rotatable bonds is 4. The summed E-state index contributed by atoms with van der Waals surface area (Å²) in [7, 11) is 0. The first-order valence-corrected chi connectivity index (χ1v) is 8.73. The second kappa shape index (κ2) is 7.66. The van der Waals surface area contributed by atoms with Gasteiger partial charge in [0.25, 0.3) is 0 Å². The molecule has 0 bridgehead atoms. The highest BCUT2D eigenvalue weighted by Gasteiger charge is 2.27. The van der Waals surface area contributed by atoms with Crippen LogP contribution in [0.1, 0.15) is 12.8 Å². The molecule has 6 nitrogen and oxygen atoms in total. The number of carbonyl (C=O) groups excluding carboxylic acids is 2. The number of primary amides is 1. The second-order valence-electron chi connectivity index (χ2n) is 6.66. The number of hydrogen-bond acceptors (Lipinski definition) is 4. The van der Waals surface area contributed by atoms with Crippen LogP contribution in [-0.2, 0) is 9.59 Å². The van der Waals surface area contributed by atoms with Crippen molar-refractivity contribution in [1.29, 1.82) is 0 Å². The first-order valence-electron chi connectivity index (χ1n) is 8.73. The average molecular weight is 330 g/mol. The van der Waals surface area contributed by atoms with Crippen LogP contribution in [0.4, 0.5) is 5.69 Å². The standard InChI is InChI=1S/C18H26N4O2/c19-18(24)15-6-8-22(9-7-15)17(23)14-20-10-12-21(13-11-20)16-4-2-1-3-5-16/h1-5,15H,6-14H2,(H2,19,24). The zero-order chi connectivity index (χ0) is 16.9. The van der Waals surface area contributed by atoms with Gasteiger partial charge in [0.15, 0.2) is 0 Å². The Balaban J connectivity index is 1.43. The van der Waals surface area contributed by atoms with Crippen LogP contribution in [-0.4, -0.2) is 67.4 Å². The van der Waals surface area contributed by atoms with E-state index >= 15 is 0 Å². The Labute approximate surface area is 143 Å². The Morgan fingerprint density at radius 2 is 1.58 bits per heavy atom. The topological polar surface area (TPSA) is 69.9 Å². The van der Waals surface area contributed by atoms with Gasteiger partial charge in [0, 0.05) is 50.9 Å². The predicted molar refractivity (Wildman–Crippen MR) is 93.6 cm³/mol. The molecule has 2 aliphatic heterocycles. The molecule has 2 heterocycles. The fourth-order valence-electron chi connectivity index (χ4n) is 3.51. The molecule has 0 unspecified atom stereocenters. The van der Waals surface area contributed by atoms with Crippen LogP contribution in [0.3, 0.4) is 0 Å². The lowest BCUT2D eigenvalue weighted by molar-refractivity contribution is -0.136. The fraction of sp³-hybridized carbons (Fsp3) is 0.556. The predicted octanol–water partition coefficient (Wildman–Crippen LogP) is 0.533. The minimum Gasteiger partial charge on any atom is -0.369 e. The van der Waals surface area contributed by atoms with Gasteiger partial charge in [0.1, 0.15) is 0 Å². The molecule has 2 fully saturated rings. The molecule has 0 atom stereocenters. The number of anilines is 1. The Hall–Kier alpha value is -2.08. The van der Waals surface area contributed by atoms with Crippen molar-refractivity contribution >= 4 is 17.5 Å². The molecule has 0 aliphatic carbocycles. The lowest BCUT2D eigenvalue weighted by Crippen LogP contribution is -2.51. The lowest BCUT2D eigenvalue weighted by atomic mass is 9.96. The zero-order valence-electron chi connectivity index (χ0n) is 14.1. The van der Waals surface area contributed by atoms with Crippen molar-refractivity contribution in [2.45, 2.75) is 12.8 Å². The van der Waals surface area contributed by atoms with E-state index in [1.165, 1.54) is 5.69 Å². The van der Waals surface area contributed by atoms with E-state index in [4.69, 9.17) is 5.73 Å². The summed E-state index contributed by atoms with van der Waals surface area (Å²) in [6.07, 6.45) is 1.39. The molecule has 0 radical (unpaired) electrons. The summed E-state index contributed by atoms with van der Waals surface area (Å²) >= 11 is 0. The normalized spacial score (nSPS) is 20.2. The van der Waals surface area contributed by atoms with Crippen molar-refractivity contribution in [1.82, 2.24) is 9.80 Å². The maximum Gasteiger partial charge on any atom is 0.236 e. The van der Waals surface area contributed by atoms with Crippen LogP contribution in [0.25, 0.3) is 0 Å². The fourth-order valence-corrected chi connectivity index (χ4v) is 3.51. The summed E-state index contributed by atoms with van der Waals surface area (Å²) in [5.41, 5.74) is 6.59. The van der Waals surface area contributed by atoms with E-state index in [1.807, 2.05) is 11.0 Å². The third-order valence-corrected chi connectivity index (χ3v) is 5.10. The highest BCUT2D eigenvalue weighted by atomic mass is 16.2. The van der Waals surface area contributed by atoms with Crippen molar-refractivity contribution in [3.05, 3.63) is 30.3 Å². The molecule has 0 aromatic heterocycles. The van der Waals surface area contributed by atoms with Crippen LogP contribution < -0.4 is 10.6 Å². The molecule has 130 valence electrons. The third kappa shape index (κ3) is 4.06. The molecule has 1 aromatic rings. The average Bonchev–Trinajstić information content (AvgIpc) is 2.63. The molecule has 0 saturated carbocycles.